The van der Waals surface area contributed by atoms with E-state index >= 15 is 0 Å². The number of aliphatic hydroxyl groups is 1. The quantitative estimate of drug-likeness (QED) is 0.579. The molecule has 0 aliphatic rings. The van der Waals surface area contributed by atoms with Gasteiger partial charge in [0.2, 0.25) is 0 Å². The normalized spacial score (nSPS) is 13.0. The molecular formula is C21H28OSi. The fourth-order valence-electron chi connectivity index (χ4n) is 3.46. The molecule has 0 aromatic heterocycles. The Morgan fingerprint density at radius 3 is 1.83 bits per heavy atom. The monoisotopic (exact) mass is 324 g/mol. The Morgan fingerprint density at radius 1 is 0.957 bits per heavy atom. The maximum atomic E-state index is 11.3. The number of aliphatic hydroxyl groups excluding tert-OH is 1. The molecule has 0 aliphatic carbocycles. The number of allylic oxidation sites excluding steroid dienone is 1. The van der Waals surface area contributed by atoms with Gasteiger partial charge in [0.1, 0.15) is 8.07 Å². The van der Waals surface area contributed by atoms with Crippen molar-refractivity contribution in [2.75, 3.05) is 0 Å². The molecule has 23 heavy (non-hydrogen) atoms. The number of hydrogen-bond acceptors (Lipinski definition) is 1. The summed E-state index contributed by atoms with van der Waals surface area (Å²) in [6.45, 7) is 8.28. The van der Waals surface area contributed by atoms with Crippen molar-refractivity contribution in [3.05, 3.63) is 73.3 Å². The largest absolute Gasteiger partial charge is 0.396 e. The van der Waals surface area contributed by atoms with Gasteiger partial charge in [-0.3, -0.25) is 0 Å². The first-order chi connectivity index (χ1) is 11.1. The lowest BCUT2D eigenvalue weighted by Gasteiger charge is -2.38. The number of hydrogen-bond donors (Lipinski definition) is 1. The SMILES string of the molecule is C=CCC[Si](c1ccccc1)(c1ccccc1)C(O)CC(C)C. The average molecular weight is 325 g/mol. The van der Waals surface area contributed by atoms with Gasteiger partial charge in [-0.05, 0) is 24.8 Å². The molecule has 2 aromatic carbocycles. The Morgan fingerprint density at radius 2 is 1.43 bits per heavy atom. The van der Waals surface area contributed by atoms with Crippen molar-refractivity contribution in [1.29, 1.82) is 0 Å². The first kappa shape index (κ1) is 17.7. The second kappa shape index (κ2) is 8.28. The highest BCUT2D eigenvalue weighted by atomic mass is 28.3. The summed E-state index contributed by atoms with van der Waals surface area (Å²) in [4.78, 5) is 0. The van der Waals surface area contributed by atoms with Crippen molar-refractivity contribution in [3.8, 4) is 0 Å². The minimum atomic E-state index is -2.25. The van der Waals surface area contributed by atoms with Gasteiger partial charge in [0.15, 0.2) is 0 Å². The zero-order valence-corrected chi connectivity index (χ0v) is 15.3. The highest BCUT2D eigenvalue weighted by Gasteiger charge is 2.43. The minimum absolute atomic E-state index is 0.285. The Labute approximate surface area is 141 Å². The molecule has 1 unspecified atom stereocenters. The summed E-state index contributed by atoms with van der Waals surface area (Å²) in [5, 5.41) is 13.9. The van der Waals surface area contributed by atoms with Gasteiger partial charge in [-0.2, -0.15) is 0 Å². The van der Waals surface area contributed by atoms with E-state index in [0.29, 0.717) is 5.92 Å². The van der Waals surface area contributed by atoms with E-state index in [2.05, 4.69) is 81.1 Å². The van der Waals surface area contributed by atoms with Crippen molar-refractivity contribution in [2.45, 2.75) is 38.5 Å². The molecule has 0 radical (unpaired) electrons. The van der Waals surface area contributed by atoms with Crippen LogP contribution in [0.1, 0.15) is 26.7 Å². The van der Waals surface area contributed by atoms with Crippen LogP contribution in [0.4, 0.5) is 0 Å². The van der Waals surface area contributed by atoms with Crippen LogP contribution in [0.25, 0.3) is 0 Å². The molecule has 0 spiro atoms. The summed E-state index contributed by atoms with van der Waals surface area (Å²) in [6, 6.07) is 22.3. The smallest absolute Gasteiger partial charge is 0.148 e. The Bertz CT molecular complexity index is 552. The molecule has 0 fully saturated rings. The van der Waals surface area contributed by atoms with Gasteiger partial charge in [-0.25, -0.2) is 0 Å². The molecule has 0 saturated heterocycles. The Balaban J connectivity index is 2.60. The van der Waals surface area contributed by atoms with E-state index in [0.717, 1.165) is 18.9 Å². The topological polar surface area (TPSA) is 20.2 Å². The van der Waals surface area contributed by atoms with Gasteiger partial charge in [0.05, 0.1) is 5.73 Å². The van der Waals surface area contributed by atoms with Crippen LogP contribution in [0.3, 0.4) is 0 Å². The Hall–Kier alpha value is -1.64. The highest BCUT2D eigenvalue weighted by Crippen LogP contribution is 2.23. The van der Waals surface area contributed by atoms with E-state index in [4.69, 9.17) is 0 Å². The van der Waals surface area contributed by atoms with Crippen LogP contribution in [-0.2, 0) is 0 Å². The van der Waals surface area contributed by atoms with Crippen LogP contribution in [0, 0.1) is 5.92 Å². The summed E-state index contributed by atoms with van der Waals surface area (Å²) in [5.41, 5.74) is -0.285. The van der Waals surface area contributed by atoms with Crippen LogP contribution in [0.2, 0.25) is 6.04 Å². The van der Waals surface area contributed by atoms with Gasteiger partial charge >= 0.3 is 0 Å². The van der Waals surface area contributed by atoms with E-state index in [1.807, 2.05) is 6.08 Å². The molecule has 2 rings (SSSR count). The summed E-state index contributed by atoms with van der Waals surface area (Å²) < 4.78 is 0. The lowest BCUT2D eigenvalue weighted by Crippen LogP contribution is -2.66. The summed E-state index contributed by atoms with van der Waals surface area (Å²) >= 11 is 0. The van der Waals surface area contributed by atoms with Crippen molar-refractivity contribution in [3.63, 3.8) is 0 Å². The molecule has 122 valence electrons. The van der Waals surface area contributed by atoms with Gasteiger partial charge < -0.3 is 5.11 Å². The van der Waals surface area contributed by atoms with Gasteiger partial charge in [-0.15, -0.1) is 6.58 Å². The minimum Gasteiger partial charge on any atom is -0.396 e. The fraction of sp³-hybridized carbons (Fsp3) is 0.333. The lowest BCUT2D eigenvalue weighted by molar-refractivity contribution is 0.216. The molecule has 1 N–H and O–H groups in total. The maximum absolute atomic E-state index is 11.3. The molecule has 2 heteroatoms. The second-order valence-corrected chi connectivity index (χ2v) is 10.9. The first-order valence-electron chi connectivity index (χ1n) is 8.51. The van der Waals surface area contributed by atoms with Gasteiger partial charge in [0, 0.05) is 0 Å². The third kappa shape index (κ3) is 4.01. The van der Waals surface area contributed by atoms with E-state index in [-0.39, 0.29) is 5.73 Å². The molecule has 0 saturated carbocycles. The third-order valence-corrected chi connectivity index (χ3v) is 9.76. The Kier molecular flexibility index (Phi) is 6.37. The number of rotatable bonds is 8. The summed E-state index contributed by atoms with van der Waals surface area (Å²) in [5.74, 6) is 0.480. The maximum Gasteiger partial charge on any atom is 0.148 e. The zero-order valence-electron chi connectivity index (χ0n) is 14.3. The summed E-state index contributed by atoms with van der Waals surface area (Å²) in [7, 11) is -2.25. The van der Waals surface area contributed by atoms with Crippen molar-refractivity contribution < 1.29 is 5.11 Å². The predicted molar refractivity (Wildman–Crippen MR) is 103 cm³/mol. The molecule has 1 atom stereocenters. The highest BCUT2D eigenvalue weighted by molar-refractivity contribution is 7.03. The lowest BCUT2D eigenvalue weighted by atomic mass is 10.1. The molecule has 2 aromatic rings. The number of benzene rings is 2. The molecular weight excluding hydrogens is 296 g/mol. The molecule has 0 amide bonds. The predicted octanol–water partition coefficient (Wildman–Crippen LogP) is 3.77. The van der Waals surface area contributed by atoms with E-state index < -0.39 is 8.07 Å². The van der Waals surface area contributed by atoms with Crippen molar-refractivity contribution in [2.24, 2.45) is 5.92 Å². The second-order valence-electron chi connectivity index (χ2n) is 6.68. The van der Waals surface area contributed by atoms with Gasteiger partial charge in [0.25, 0.3) is 0 Å². The van der Waals surface area contributed by atoms with E-state index in [1.165, 1.54) is 10.4 Å². The van der Waals surface area contributed by atoms with Crippen LogP contribution < -0.4 is 10.4 Å². The van der Waals surface area contributed by atoms with E-state index in [1.54, 1.807) is 0 Å². The van der Waals surface area contributed by atoms with Crippen molar-refractivity contribution >= 4 is 18.4 Å². The van der Waals surface area contributed by atoms with Crippen LogP contribution in [0.15, 0.2) is 73.3 Å². The third-order valence-electron chi connectivity index (χ3n) is 4.58. The van der Waals surface area contributed by atoms with Crippen LogP contribution in [-0.4, -0.2) is 18.9 Å². The molecule has 0 aliphatic heterocycles. The fourth-order valence-corrected chi connectivity index (χ4v) is 8.58. The zero-order chi connectivity index (χ0) is 16.7. The molecule has 0 bridgehead atoms. The van der Waals surface area contributed by atoms with Crippen LogP contribution in [0.5, 0.6) is 0 Å². The van der Waals surface area contributed by atoms with E-state index in [9.17, 15) is 5.11 Å². The first-order valence-corrected chi connectivity index (χ1v) is 10.8. The van der Waals surface area contributed by atoms with Crippen molar-refractivity contribution in [1.82, 2.24) is 0 Å². The molecule has 1 nitrogen and oxygen atoms in total. The standard InChI is InChI=1S/C21H28OSi/c1-4-5-16-23(21(22)17-18(2)3,19-12-8-6-9-13-19)20-14-10-7-11-15-20/h4,6-15,18,21-22H,1,5,16-17H2,2-3H3. The molecule has 0 heterocycles. The van der Waals surface area contributed by atoms with Crippen LogP contribution >= 0.6 is 0 Å². The average Bonchev–Trinajstić information content (AvgIpc) is 2.57. The summed E-state index contributed by atoms with van der Waals surface area (Å²) in [6.07, 6.45) is 3.76. The van der Waals surface area contributed by atoms with Gasteiger partial charge in [-0.1, -0.05) is 91.0 Å².